The van der Waals surface area contributed by atoms with Crippen LogP contribution in [-0.4, -0.2) is 30.0 Å². The van der Waals surface area contributed by atoms with Crippen molar-refractivity contribution in [3.05, 3.63) is 33.9 Å². The third-order valence-corrected chi connectivity index (χ3v) is 4.13. The molecule has 0 saturated heterocycles. The van der Waals surface area contributed by atoms with Crippen LogP contribution < -0.4 is 16.4 Å². The number of carbonyl (C=O) groups is 1. The van der Waals surface area contributed by atoms with Crippen molar-refractivity contribution in [3.8, 4) is 0 Å². The van der Waals surface area contributed by atoms with Crippen LogP contribution in [-0.2, 0) is 0 Å². The van der Waals surface area contributed by atoms with Gasteiger partial charge in [-0.2, -0.15) is 0 Å². The van der Waals surface area contributed by atoms with Crippen molar-refractivity contribution in [2.45, 2.75) is 37.8 Å². The average molecular weight is 292 g/mol. The Morgan fingerprint density at radius 3 is 2.48 bits per heavy atom. The first-order valence-electron chi connectivity index (χ1n) is 6.96. The summed E-state index contributed by atoms with van der Waals surface area (Å²) in [5.74, 6) is -0.659. The molecule has 1 saturated carbocycles. The van der Waals surface area contributed by atoms with Gasteiger partial charge in [-0.25, -0.2) is 0 Å². The number of nitro benzene ring substituents is 1. The summed E-state index contributed by atoms with van der Waals surface area (Å²) in [6.07, 6.45) is 3.75. The lowest BCUT2D eigenvalue weighted by molar-refractivity contribution is -0.384. The molecule has 0 atom stereocenters. The number of primary amides is 1. The fraction of sp³-hybridized carbons (Fsp3) is 0.500. The molecule has 1 aromatic carbocycles. The molecule has 0 bridgehead atoms. The fourth-order valence-corrected chi connectivity index (χ4v) is 2.83. The van der Waals surface area contributed by atoms with Gasteiger partial charge in [0.2, 0.25) is 0 Å². The molecule has 1 aliphatic carbocycles. The zero-order chi connectivity index (χ0) is 15.6. The van der Waals surface area contributed by atoms with Crippen LogP contribution in [0.1, 0.15) is 36.0 Å². The summed E-state index contributed by atoms with van der Waals surface area (Å²) in [7, 11) is 1.88. The van der Waals surface area contributed by atoms with Crippen molar-refractivity contribution in [2.75, 3.05) is 11.9 Å². The number of non-ortho nitro benzene ring substituents is 1. The Balaban J connectivity index is 2.29. The van der Waals surface area contributed by atoms with E-state index in [0.717, 1.165) is 25.7 Å². The predicted octanol–water partition coefficient (Wildman–Crippen LogP) is 1.40. The summed E-state index contributed by atoms with van der Waals surface area (Å²) in [6.45, 7) is 0. The van der Waals surface area contributed by atoms with Gasteiger partial charge < -0.3 is 16.4 Å². The van der Waals surface area contributed by atoms with Crippen LogP contribution in [0.4, 0.5) is 11.4 Å². The van der Waals surface area contributed by atoms with Gasteiger partial charge in [0.05, 0.1) is 10.5 Å². The Kier molecular flexibility index (Phi) is 4.42. The average Bonchev–Trinajstić information content (AvgIpc) is 2.46. The van der Waals surface area contributed by atoms with E-state index in [-0.39, 0.29) is 23.3 Å². The van der Waals surface area contributed by atoms with Crippen LogP contribution in [0.2, 0.25) is 0 Å². The number of benzene rings is 1. The molecule has 0 heterocycles. The van der Waals surface area contributed by atoms with Crippen molar-refractivity contribution >= 4 is 17.3 Å². The first-order valence-corrected chi connectivity index (χ1v) is 6.96. The Hall–Kier alpha value is -2.15. The molecule has 2 rings (SSSR count). The number of amides is 1. The Morgan fingerprint density at radius 2 is 1.95 bits per heavy atom. The van der Waals surface area contributed by atoms with Gasteiger partial charge in [-0.15, -0.1) is 0 Å². The van der Waals surface area contributed by atoms with E-state index < -0.39 is 10.8 Å². The van der Waals surface area contributed by atoms with Gasteiger partial charge in [0.25, 0.3) is 11.6 Å². The standard InChI is InChI=1S/C14H20N4O3/c1-17(10-4-2-9(15)3-5-10)13-7-6-11(18(20)21)8-12(13)14(16)19/h6-10H,2-5,15H2,1H3,(H2,16,19). The summed E-state index contributed by atoms with van der Waals surface area (Å²) in [5.41, 5.74) is 11.9. The SMILES string of the molecule is CN(c1ccc([N+](=O)[O-])cc1C(N)=O)C1CCC(N)CC1. The number of carbonyl (C=O) groups excluding carboxylic acids is 1. The van der Waals surface area contributed by atoms with Crippen LogP contribution in [0.3, 0.4) is 0 Å². The third kappa shape index (κ3) is 3.30. The molecule has 1 amide bonds. The van der Waals surface area contributed by atoms with Gasteiger partial charge in [0.15, 0.2) is 0 Å². The van der Waals surface area contributed by atoms with Crippen LogP contribution in [0.15, 0.2) is 18.2 Å². The summed E-state index contributed by atoms with van der Waals surface area (Å²) in [4.78, 5) is 23.9. The second-order valence-electron chi connectivity index (χ2n) is 5.50. The molecule has 1 aromatic rings. The van der Waals surface area contributed by atoms with Crippen molar-refractivity contribution < 1.29 is 9.72 Å². The molecular formula is C14H20N4O3. The summed E-state index contributed by atoms with van der Waals surface area (Å²) in [6, 6.07) is 4.73. The monoisotopic (exact) mass is 292 g/mol. The van der Waals surface area contributed by atoms with E-state index in [9.17, 15) is 14.9 Å². The molecule has 114 valence electrons. The van der Waals surface area contributed by atoms with E-state index in [1.165, 1.54) is 12.1 Å². The lowest BCUT2D eigenvalue weighted by Crippen LogP contribution is -2.39. The molecule has 0 aromatic heterocycles. The van der Waals surface area contributed by atoms with Crippen LogP contribution in [0.5, 0.6) is 0 Å². The van der Waals surface area contributed by atoms with E-state index >= 15 is 0 Å². The molecule has 0 aliphatic heterocycles. The van der Waals surface area contributed by atoms with Gasteiger partial charge in [0, 0.05) is 37.0 Å². The molecule has 0 radical (unpaired) electrons. The maximum absolute atomic E-state index is 11.6. The van der Waals surface area contributed by atoms with Crippen molar-refractivity contribution in [3.63, 3.8) is 0 Å². The number of nitrogens with two attached hydrogens (primary N) is 2. The zero-order valence-electron chi connectivity index (χ0n) is 12.0. The lowest BCUT2D eigenvalue weighted by atomic mass is 9.90. The second-order valence-corrected chi connectivity index (χ2v) is 5.50. The number of anilines is 1. The van der Waals surface area contributed by atoms with E-state index in [1.807, 2.05) is 11.9 Å². The molecule has 7 heteroatoms. The van der Waals surface area contributed by atoms with Crippen LogP contribution >= 0.6 is 0 Å². The number of nitrogens with zero attached hydrogens (tertiary/aromatic N) is 2. The summed E-state index contributed by atoms with van der Waals surface area (Å²) >= 11 is 0. The van der Waals surface area contributed by atoms with E-state index in [1.54, 1.807) is 6.07 Å². The van der Waals surface area contributed by atoms with E-state index in [4.69, 9.17) is 11.5 Å². The number of hydrogen-bond acceptors (Lipinski definition) is 5. The summed E-state index contributed by atoms with van der Waals surface area (Å²) in [5, 5.41) is 10.8. The molecule has 0 unspecified atom stereocenters. The van der Waals surface area contributed by atoms with Crippen LogP contribution in [0, 0.1) is 10.1 Å². The van der Waals surface area contributed by atoms with Gasteiger partial charge in [-0.05, 0) is 31.7 Å². The highest BCUT2D eigenvalue weighted by Gasteiger charge is 2.25. The molecule has 1 aliphatic rings. The highest BCUT2D eigenvalue weighted by Crippen LogP contribution is 2.30. The van der Waals surface area contributed by atoms with Crippen molar-refractivity contribution in [1.82, 2.24) is 0 Å². The van der Waals surface area contributed by atoms with Gasteiger partial charge in [0.1, 0.15) is 0 Å². The third-order valence-electron chi connectivity index (χ3n) is 4.13. The first kappa shape index (κ1) is 15.2. The largest absolute Gasteiger partial charge is 0.371 e. The maximum Gasteiger partial charge on any atom is 0.270 e. The number of hydrogen-bond donors (Lipinski definition) is 2. The Labute approximate surface area is 123 Å². The maximum atomic E-state index is 11.6. The number of nitro groups is 1. The Bertz CT molecular complexity index is 553. The molecule has 21 heavy (non-hydrogen) atoms. The zero-order valence-corrected chi connectivity index (χ0v) is 12.0. The molecule has 0 spiro atoms. The highest BCUT2D eigenvalue weighted by molar-refractivity contribution is 5.99. The van der Waals surface area contributed by atoms with Crippen molar-refractivity contribution in [1.29, 1.82) is 0 Å². The van der Waals surface area contributed by atoms with Gasteiger partial charge in [-0.3, -0.25) is 14.9 Å². The molecule has 4 N–H and O–H groups in total. The van der Waals surface area contributed by atoms with Crippen molar-refractivity contribution in [2.24, 2.45) is 11.5 Å². The second kappa shape index (κ2) is 6.09. The van der Waals surface area contributed by atoms with E-state index in [0.29, 0.717) is 5.69 Å². The number of rotatable bonds is 4. The fourth-order valence-electron chi connectivity index (χ4n) is 2.83. The van der Waals surface area contributed by atoms with Crippen LogP contribution in [0.25, 0.3) is 0 Å². The quantitative estimate of drug-likeness (QED) is 0.642. The smallest absolute Gasteiger partial charge is 0.270 e. The minimum absolute atomic E-state index is 0.133. The minimum Gasteiger partial charge on any atom is -0.371 e. The highest BCUT2D eigenvalue weighted by atomic mass is 16.6. The topological polar surface area (TPSA) is 115 Å². The summed E-state index contributed by atoms with van der Waals surface area (Å²) < 4.78 is 0. The lowest BCUT2D eigenvalue weighted by Gasteiger charge is -2.35. The van der Waals surface area contributed by atoms with Gasteiger partial charge in [-0.1, -0.05) is 0 Å². The molecule has 1 fully saturated rings. The predicted molar refractivity (Wildman–Crippen MR) is 80.2 cm³/mol. The molecule has 7 nitrogen and oxygen atoms in total. The Morgan fingerprint density at radius 1 is 1.33 bits per heavy atom. The normalized spacial score (nSPS) is 21.8. The van der Waals surface area contributed by atoms with E-state index in [2.05, 4.69) is 0 Å². The first-order chi connectivity index (χ1) is 9.90. The molecular weight excluding hydrogens is 272 g/mol. The minimum atomic E-state index is -0.659. The van der Waals surface area contributed by atoms with Gasteiger partial charge >= 0.3 is 0 Å².